The Morgan fingerprint density at radius 3 is 2.77 bits per heavy atom. The Morgan fingerprint density at radius 1 is 1.46 bits per heavy atom. The van der Waals surface area contributed by atoms with Crippen molar-refractivity contribution in [2.45, 2.75) is 6.42 Å². The molecule has 3 heteroatoms. The lowest BCUT2D eigenvalue weighted by atomic mass is 9.85. The van der Waals surface area contributed by atoms with Gasteiger partial charge in [-0.05, 0) is 24.5 Å². The summed E-state index contributed by atoms with van der Waals surface area (Å²) in [5.41, 5.74) is 0. The van der Waals surface area contributed by atoms with E-state index in [1.54, 1.807) is 6.26 Å². The van der Waals surface area contributed by atoms with Crippen LogP contribution < -0.4 is 0 Å². The topological polar surface area (TPSA) is 34.1 Å². The first-order valence-corrected chi connectivity index (χ1v) is 5.72. The molecule has 0 aromatic rings. The SMILES string of the molecule is CSC(=O)C1C2C=CC(C2)C1C=O. The second-order valence-corrected chi connectivity index (χ2v) is 4.52. The summed E-state index contributed by atoms with van der Waals surface area (Å²) in [6.45, 7) is 0. The standard InChI is InChI=1S/C10H12O2S/c1-13-10(12)9-7-3-2-6(4-7)8(9)5-11/h2-3,5-9H,4H2,1H3. The Balaban J connectivity index is 2.23. The van der Waals surface area contributed by atoms with E-state index >= 15 is 0 Å². The highest BCUT2D eigenvalue weighted by molar-refractivity contribution is 8.13. The van der Waals surface area contributed by atoms with E-state index in [9.17, 15) is 9.59 Å². The lowest BCUT2D eigenvalue weighted by Crippen LogP contribution is -2.26. The monoisotopic (exact) mass is 196 g/mol. The molecule has 1 fully saturated rings. The Morgan fingerprint density at radius 2 is 2.15 bits per heavy atom. The molecule has 0 heterocycles. The zero-order valence-electron chi connectivity index (χ0n) is 7.47. The van der Waals surface area contributed by atoms with Crippen LogP contribution in [0.3, 0.4) is 0 Å². The number of hydrogen-bond acceptors (Lipinski definition) is 3. The molecule has 2 aliphatic rings. The highest BCUT2D eigenvalue weighted by Crippen LogP contribution is 2.48. The molecule has 0 aliphatic heterocycles. The van der Waals surface area contributed by atoms with Crippen molar-refractivity contribution in [3.8, 4) is 0 Å². The number of carbonyl (C=O) groups is 2. The summed E-state index contributed by atoms with van der Waals surface area (Å²) in [4.78, 5) is 22.4. The van der Waals surface area contributed by atoms with Crippen molar-refractivity contribution >= 4 is 23.2 Å². The Kier molecular flexibility index (Phi) is 2.28. The molecule has 0 N–H and O–H groups in total. The van der Waals surface area contributed by atoms with Gasteiger partial charge < -0.3 is 4.79 Å². The first-order chi connectivity index (χ1) is 6.27. The van der Waals surface area contributed by atoms with Crippen LogP contribution >= 0.6 is 11.8 Å². The summed E-state index contributed by atoms with van der Waals surface area (Å²) in [5.74, 6) is 0.584. The van der Waals surface area contributed by atoms with Crippen LogP contribution in [0.15, 0.2) is 12.2 Å². The molecule has 4 unspecified atom stereocenters. The fraction of sp³-hybridized carbons (Fsp3) is 0.600. The zero-order valence-corrected chi connectivity index (χ0v) is 8.29. The molecule has 0 saturated heterocycles. The predicted molar refractivity (Wildman–Crippen MR) is 52.3 cm³/mol. The average molecular weight is 196 g/mol. The van der Waals surface area contributed by atoms with Crippen LogP contribution in [0.2, 0.25) is 0 Å². The van der Waals surface area contributed by atoms with Gasteiger partial charge in [-0.1, -0.05) is 23.9 Å². The number of hydrogen-bond donors (Lipinski definition) is 0. The number of allylic oxidation sites excluding steroid dienone is 2. The fourth-order valence-electron chi connectivity index (χ4n) is 2.51. The van der Waals surface area contributed by atoms with E-state index in [-0.39, 0.29) is 17.0 Å². The molecule has 0 amide bonds. The quantitative estimate of drug-likeness (QED) is 0.496. The summed E-state index contributed by atoms with van der Waals surface area (Å²) >= 11 is 1.25. The van der Waals surface area contributed by atoms with E-state index in [2.05, 4.69) is 12.2 Å². The second-order valence-electron chi connectivity index (χ2n) is 3.71. The predicted octanol–water partition coefficient (Wildman–Crippen LogP) is 1.51. The van der Waals surface area contributed by atoms with Crippen LogP contribution in [0.1, 0.15) is 6.42 Å². The molecule has 2 rings (SSSR count). The first kappa shape index (κ1) is 9.00. The fourth-order valence-corrected chi connectivity index (χ4v) is 3.12. The number of rotatable bonds is 2. The van der Waals surface area contributed by atoms with Crippen molar-refractivity contribution in [3.63, 3.8) is 0 Å². The molecule has 0 aromatic heterocycles. The van der Waals surface area contributed by atoms with Crippen LogP contribution in [0.4, 0.5) is 0 Å². The molecule has 2 aliphatic carbocycles. The molecule has 2 bridgehead atoms. The van der Waals surface area contributed by atoms with Crippen molar-refractivity contribution in [1.82, 2.24) is 0 Å². The number of fused-ring (bicyclic) bond motifs is 2. The van der Waals surface area contributed by atoms with E-state index in [1.807, 2.05) is 0 Å². The van der Waals surface area contributed by atoms with Gasteiger partial charge in [0.2, 0.25) is 0 Å². The van der Waals surface area contributed by atoms with E-state index < -0.39 is 0 Å². The maximum atomic E-state index is 11.5. The van der Waals surface area contributed by atoms with Crippen molar-refractivity contribution in [2.75, 3.05) is 6.26 Å². The first-order valence-electron chi connectivity index (χ1n) is 4.49. The van der Waals surface area contributed by atoms with Crippen molar-refractivity contribution in [1.29, 1.82) is 0 Å². The number of carbonyl (C=O) groups excluding carboxylic acids is 2. The molecule has 1 saturated carbocycles. The van der Waals surface area contributed by atoms with E-state index in [0.29, 0.717) is 11.8 Å². The summed E-state index contributed by atoms with van der Waals surface area (Å²) in [6, 6.07) is 0. The van der Waals surface area contributed by atoms with Crippen molar-refractivity contribution < 1.29 is 9.59 Å². The maximum Gasteiger partial charge on any atom is 0.193 e. The van der Waals surface area contributed by atoms with Gasteiger partial charge in [0.1, 0.15) is 6.29 Å². The highest BCUT2D eigenvalue weighted by atomic mass is 32.2. The second kappa shape index (κ2) is 3.29. The summed E-state index contributed by atoms with van der Waals surface area (Å²) in [5, 5.41) is 0.175. The third-order valence-electron chi connectivity index (χ3n) is 3.15. The molecule has 70 valence electrons. The van der Waals surface area contributed by atoms with Crippen LogP contribution in [0.5, 0.6) is 0 Å². The van der Waals surface area contributed by atoms with Gasteiger partial charge in [-0.15, -0.1) is 0 Å². The summed E-state index contributed by atoms with van der Waals surface area (Å²) in [6.07, 6.45) is 7.95. The van der Waals surface area contributed by atoms with Gasteiger partial charge in [-0.2, -0.15) is 0 Å². The van der Waals surface area contributed by atoms with Gasteiger partial charge in [-0.25, -0.2) is 0 Å². The lowest BCUT2D eigenvalue weighted by Gasteiger charge is -2.20. The largest absolute Gasteiger partial charge is 0.303 e. The Labute approximate surface area is 81.8 Å². The van der Waals surface area contributed by atoms with E-state index in [1.165, 1.54) is 11.8 Å². The minimum absolute atomic E-state index is 0.0394. The van der Waals surface area contributed by atoms with Crippen molar-refractivity contribution in [3.05, 3.63) is 12.2 Å². The lowest BCUT2D eigenvalue weighted by molar-refractivity contribution is -0.121. The normalized spacial score (nSPS) is 41.0. The summed E-state index contributed by atoms with van der Waals surface area (Å²) in [7, 11) is 0. The summed E-state index contributed by atoms with van der Waals surface area (Å²) < 4.78 is 0. The molecular weight excluding hydrogens is 184 g/mol. The van der Waals surface area contributed by atoms with Gasteiger partial charge in [-0.3, -0.25) is 4.79 Å². The molecule has 0 radical (unpaired) electrons. The molecule has 2 nitrogen and oxygen atoms in total. The molecular formula is C10H12O2S. The average Bonchev–Trinajstić information content (AvgIpc) is 2.74. The van der Waals surface area contributed by atoms with Crippen LogP contribution in [-0.2, 0) is 9.59 Å². The van der Waals surface area contributed by atoms with Gasteiger partial charge >= 0.3 is 0 Å². The number of thioether (sulfide) groups is 1. The minimum atomic E-state index is -0.0463. The van der Waals surface area contributed by atoms with E-state index in [0.717, 1.165) is 12.7 Å². The Hall–Kier alpha value is -0.570. The zero-order chi connectivity index (χ0) is 9.42. The molecule has 13 heavy (non-hydrogen) atoms. The van der Waals surface area contributed by atoms with Gasteiger partial charge in [0.05, 0.1) is 0 Å². The van der Waals surface area contributed by atoms with Gasteiger partial charge in [0.15, 0.2) is 5.12 Å². The maximum absolute atomic E-state index is 11.5. The van der Waals surface area contributed by atoms with Crippen molar-refractivity contribution in [2.24, 2.45) is 23.7 Å². The minimum Gasteiger partial charge on any atom is -0.303 e. The number of aldehydes is 1. The van der Waals surface area contributed by atoms with Crippen LogP contribution in [-0.4, -0.2) is 17.7 Å². The van der Waals surface area contributed by atoms with E-state index in [4.69, 9.17) is 0 Å². The third-order valence-corrected chi connectivity index (χ3v) is 3.83. The third kappa shape index (κ3) is 1.26. The highest BCUT2D eigenvalue weighted by Gasteiger charge is 2.47. The van der Waals surface area contributed by atoms with Gasteiger partial charge in [0, 0.05) is 11.8 Å². The van der Waals surface area contributed by atoms with Crippen LogP contribution in [0, 0.1) is 23.7 Å². The van der Waals surface area contributed by atoms with Gasteiger partial charge in [0.25, 0.3) is 0 Å². The smallest absolute Gasteiger partial charge is 0.193 e. The molecule has 0 spiro atoms. The van der Waals surface area contributed by atoms with Crippen LogP contribution in [0.25, 0.3) is 0 Å². The molecule has 0 aromatic carbocycles. The molecule has 4 atom stereocenters. The Bertz CT molecular complexity index is 272.